The molecule has 0 aliphatic carbocycles. The standard InChI is InChI=1S/C23H24N2O3S/c1-3-21(18-10-6-4-7-11-18)23(26)24-19-15-14-17(2)22(16-19)25-29(27,28)20-12-8-5-9-13-20/h4-16,21,25H,3H2,1-2H3,(H,24,26). The number of sulfonamides is 1. The monoisotopic (exact) mass is 408 g/mol. The maximum absolute atomic E-state index is 12.8. The molecule has 150 valence electrons. The molecule has 1 atom stereocenters. The maximum atomic E-state index is 12.8. The molecule has 0 aromatic heterocycles. The highest BCUT2D eigenvalue weighted by atomic mass is 32.2. The van der Waals surface area contributed by atoms with E-state index in [-0.39, 0.29) is 16.7 Å². The van der Waals surface area contributed by atoms with Crippen molar-refractivity contribution in [3.8, 4) is 0 Å². The first kappa shape index (κ1) is 20.6. The van der Waals surface area contributed by atoms with Crippen LogP contribution in [0.5, 0.6) is 0 Å². The normalized spacial score (nSPS) is 12.2. The van der Waals surface area contributed by atoms with Crippen molar-refractivity contribution in [2.45, 2.75) is 31.1 Å². The largest absolute Gasteiger partial charge is 0.325 e. The van der Waals surface area contributed by atoms with E-state index in [1.807, 2.05) is 44.2 Å². The highest BCUT2D eigenvalue weighted by Crippen LogP contribution is 2.26. The summed E-state index contributed by atoms with van der Waals surface area (Å²) in [6.07, 6.45) is 0.662. The first-order valence-electron chi connectivity index (χ1n) is 9.45. The number of amides is 1. The minimum atomic E-state index is -3.71. The second-order valence-corrected chi connectivity index (χ2v) is 8.49. The maximum Gasteiger partial charge on any atom is 0.261 e. The van der Waals surface area contributed by atoms with Gasteiger partial charge in [-0.3, -0.25) is 9.52 Å². The molecule has 0 bridgehead atoms. The number of benzene rings is 3. The van der Waals surface area contributed by atoms with Crippen molar-refractivity contribution in [2.75, 3.05) is 10.0 Å². The number of rotatable bonds is 7. The van der Waals surface area contributed by atoms with Crippen LogP contribution < -0.4 is 10.0 Å². The van der Waals surface area contributed by atoms with Crippen LogP contribution in [0.4, 0.5) is 11.4 Å². The molecule has 2 N–H and O–H groups in total. The Morgan fingerprint density at radius 2 is 1.55 bits per heavy atom. The molecule has 0 saturated heterocycles. The fourth-order valence-electron chi connectivity index (χ4n) is 3.10. The van der Waals surface area contributed by atoms with Gasteiger partial charge >= 0.3 is 0 Å². The van der Waals surface area contributed by atoms with E-state index in [2.05, 4.69) is 10.0 Å². The lowest BCUT2D eigenvalue weighted by Crippen LogP contribution is -2.21. The highest BCUT2D eigenvalue weighted by Gasteiger charge is 2.19. The van der Waals surface area contributed by atoms with Crippen LogP contribution in [0.1, 0.15) is 30.4 Å². The second kappa shape index (κ2) is 8.92. The SMILES string of the molecule is CCC(C(=O)Nc1ccc(C)c(NS(=O)(=O)c2ccccc2)c1)c1ccccc1. The summed E-state index contributed by atoms with van der Waals surface area (Å²) in [5.74, 6) is -0.401. The van der Waals surface area contributed by atoms with Gasteiger partial charge < -0.3 is 5.32 Å². The molecule has 0 saturated carbocycles. The van der Waals surface area contributed by atoms with Gasteiger partial charge in [-0.2, -0.15) is 0 Å². The van der Waals surface area contributed by atoms with Crippen molar-refractivity contribution in [1.82, 2.24) is 0 Å². The van der Waals surface area contributed by atoms with Gasteiger partial charge in [0.05, 0.1) is 16.5 Å². The summed E-state index contributed by atoms with van der Waals surface area (Å²) < 4.78 is 27.9. The first-order chi connectivity index (χ1) is 13.9. The number of hydrogen-bond acceptors (Lipinski definition) is 3. The van der Waals surface area contributed by atoms with Gasteiger partial charge in [-0.05, 0) is 48.7 Å². The summed E-state index contributed by atoms with van der Waals surface area (Å²) in [4.78, 5) is 13.0. The van der Waals surface area contributed by atoms with Crippen LogP contribution in [0, 0.1) is 6.92 Å². The second-order valence-electron chi connectivity index (χ2n) is 6.81. The minimum Gasteiger partial charge on any atom is -0.325 e. The Kier molecular flexibility index (Phi) is 6.34. The van der Waals surface area contributed by atoms with Crippen LogP contribution in [-0.2, 0) is 14.8 Å². The molecule has 0 heterocycles. The zero-order valence-corrected chi connectivity index (χ0v) is 17.2. The summed E-state index contributed by atoms with van der Waals surface area (Å²) in [7, 11) is -3.71. The average Bonchev–Trinajstić information content (AvgIpc) is 2.72. The number of nitrogens with one attached hydrogen (secondary N) is 2. The van der Waals surface area contributed by atoms with E-state index >= 15 is 0 Å². The summed E-state index contributed by atoms with van der Waals surface area (Å²) in [6.45, 7) is 3.78. The molecule has 0 radical (unpaired) electrons. The molecule has 0 aliphatic heterocycles. The third-order valence-electron chi connectivity index (χ3n) is 4.73. The van der Waals surface area contributed by atoms with E-state index < -0.39 is 10.0 Å². The quantitative estimate of drug-likeness (QED) is 0.582. The van der Waals surface area contributed by atoms with E-state index in [4.69, 9.17) is 0 Å². The molecule has 1 amide bonds. The van der Waals surface area contributed by atoms with Gasteiger partial charge in [0, 0.05) is 5.69 Å². The number of carbonyl (C=O) groups is 1. The number of anilines is 2. The Labute approximate surface area is 171 Å². The molecule has 3 aromatic carbocycles. The van der Waals surface area contributed by atoms with E-state index in [0.29, 0.717) is 17.8 Å². The fourth-order valence-corrected chi connectivity index (χ4v) is 4.24. The minimum absolute atomic E-state index is 0.126. The number of carbonyl (C=O) groups excluding carboxylic acids is 1. The summed E-state index contributed by atoms with van der Waals surface area (Å²) >= 11 is 0. The zero-order chi connectivity index (χ0) is 20.9. The van der Waals surface area contributed by atoms with E-state index in [1.54, 1.807) is 36.4 Å². The fraction of sp³-hybridized carbons (Fsp3) is 0.174. The topological polar surface area (TPSA) is 75.3 Å². The van der Waals surface area contributed by atoms with Crippen LogP contribution in [0.25, 0.3) is 0 Å². The Morgan fingerprint density at radius 1 is 0.931 bits per heavy atom. The van der Waals surface area contributed by atoms with Crippen molar-refractivity contribution >= 4 is 27.3 Å². The summed E-state index contributed by atoms with van der Waals surface area (Å²) in [6, 6.07) is 23.0. The van der Waals surface area contributed by atoms with Crippen molar-refractivity contribution in [2.24, 2.45) is 0 Å². The van der Waals surface area contributed by atoms with E-state index in [0.717, 1.165) is 11.1 Å². The lowest BCUT2D eigenvalue weighted by Gasteiger charge is -2.17. The van der Waals surface area contributed by atoms with Crippen LogP contribution >= 0.6 is 0 Å². The summed E-state index contributed by atoms with van der Waals surface area (Å²) in [5.41, 5.74) is 2.68. The van der Waals surface area contributed by atoms with E-state index in [1.165, 1.54) is 12.1 Å². The van der Waals surface area contributed by atoms with Crippen LogP contribution in [0.3, 0.4) is 0 Å². The molecule has 6 heteroatoms. The molecule has 0 fully saturated rings. The molecule has 3 aromatic rings. The molecule has 1 unspecified atom stereocenters. The van der Waals surface area contributed by atoms with Gasteiger partial charge in [-0.15, -0.1) is 0 Å². The van der Waals surface area contributed by atoms with Crippen molar-refractivity contribution < 1.29 is 13.2 Å². The molecule has 0 spiro atoms. The number of aryl methyl sites for hydroxylation is 1. The van der Waals surface area contributed by atoms with Gasteiger partial charge in [-0.1, -0.05) is 61.5 Å². The average molecular weight is 409 g/mol. The van der Waals surface area contributed by atoms with Gasteiger partial charge in [0.2, 0.25) is 5.91 Å². The summed E-state index contributed by atoms with van der Waals surface area (Å²) in [5, 5.41) is 2.91. The number of hydrogen-bond donors (Lipinski definition) is 2. The predicted molar refractivity (Wildman–Crippen MR) is 117 cm³/mol. The smallest absolute Gasteiger partial charge is 0.261 e. The molecule has 3 rings (SSSR count). The lowest BCUT2D eigenvalue weighted by atomic mass is 9.95. The third kappa shape index (κ3) is 5.03. The van der Waals surface area contributed by atoms with Gasteiger partial charge in [0.15, 0.2) is 0 Å². The Hall–Kier alpha value is -3.12. The van der Waals surface area contributed by atoms with Crippen LogP contribution in [-0.4, -0.2) is 14.3 Å². The zero-order valence-electron chi connectivity index (χ0n) is 16.4. The van der Waals surface area contributed by atoms with Crippen molar-refractivity contribution in [3.05, 3.63) is 90.0 Å². The molecular formula is C23H24N2O3S. The Bertz CT molecular complexity index is 1080. The van der Waals surface area contributed by atoms with Crippen molar-refractivity contribution in [3.63, 3.8) is 0 Å². The van der Waals surface area contributed by atoms with Gasteiger partial charge in [0.1, 0.15) is 0 Å². The highest BCUT2D eigenvalue weighted by molar-refractivity contribution is 7.92. The van der Waals surface area contributed by atoms with Crippen LogP contribution in [0.2, 0.25) is 0 Å². The van der Waals surface area contributed by atoms with Gasteiger partial charge in [-0.25, -0.2) is 8.42 Å². The van der Waals surface area contributed by atoms with E-state index in [9.17, 15) is 13.2 Å². The Balaban J connectivity index is 1.81. The Morgan fingerprint density at radius 3 is 2.17 bits per heavy atom. The molecule has 5 nitrogen and oxygen atoms in total. The van der Waals surface area contributed by atoms with Gasteiger partial charge in [0.25, 0.3) is 10.0 Å². The lowest BCUT2D eigenvalue weighted by molar-refractivity contribution is -0.117. The van der Waals surface area contributed by atoms with Crippen LogP contribution in [0.15, 0.2) is 83.8 Å². The first-order valence-corrected chi connectivity index (χ1v) is 10.9. The molecule has 29 heavy (non-hydrogen) atoms. The predicted octanol–water partition coefficient (Wildman–Crippen LogP) is 4.93. The third-order valence-corrected chi connectivity index (χ3v) is 6.11. The molecule has 0 aliphatic rings. The molecular weight excluding hydrogens is 384 g/mol. The van der Waals surface area contributed by atoms with Crippen molar-refractivity contribution in [1.29, 1.82) is 0 Å².